The fourth-order valence-electron chi connectivity index (χ4n) is 2.14. The van der Waals surface area contributed by atoms with E-state index in [-0.39, 0.29) is 18.6 Å². The Morgan fingerprint density at radius 3 is 2.71 bits per heavy atom. The zero-order valence-corrected chi connectivity index (χ0v) is 14.3. The van der Waals surface area contributed by atoms with Crippen LogP contribution < -0.4 is 10.1 Å². The molecule has 0 radical (unpaired) electrons. The van der Waals surface area contributed by atoms with Gasteiger partial charge in [0, 0.05) is 3.57 Å². The Bertz CT molecular complexity index is 628. The number of benzene rings is 2. The third-order valence-corrected chi connectivity index (χ3v) is 3.87. The smallest absolute Gasteiger partial charge is 0.258 e. The van der Waals surface area contributed by atoms with Gasteiger partial charge < -0.3 is 10.1 Å². The molecule has 3 nitrogen and oxygen atoms in total. The first-order chi connectivity index (χ1) is 10.1. The van der Waals surface area contributed by atoms with Crippen LogP contribution in [-0.4, -0.2) is 12.5 Å². The van der Waals surface area contributed by atoms with E-state index < -0.39 is 0 Å². The van der Waals surface area contributed by atoms with E-state index in [9.17, 15) is 4.79 Å². The van der Waals surface area contributed by atoms with Gasteiger partial charge in [0.1, 0.15) is 5.75 Å². The Kier molecular flexibility index (Phi) is 5.61. The predicted octanol–water partition coefficient (Wildman–Crippen LogP) is 3.86. The lowest BCUT2D eigenvalue weighted by atomic mass is 10.0. The van der Waals surface area contributed by atoms with E-state index in [1.807, 2.05) is 62.4 Å². The van der Waals surface area contributed by atoms with Crippen LogP contribution in [0.1, 0.15) is 24.1 Å². The first kappa shape index (κ1) is 15.8. The molecule has 0 spiro atoms. The van der Waals surface area contributed by atoms with E-state index in [4.69, 9.17) is 4.74 Å². The lowest BCUT2D eigenvalue weighted by Gasteiger charge is -2.16. The number of carbonyl (C=O) groups is 1. The van der Waals surface area contributed by atoms with Crippen LogP contribution in [0.25, 0.3) is 0 Å². The summed E-state index contributed by atoms with van der Waals surface area (Å²) in [5.74, 6) is 0.588. The van der Waals surface area contributed by atoms with Gasteiger partial charge in [-0.25, -0.2) is 0 Å². The maximum atomic E-state index is 12.0. The maximum Gasteiger partial charge on any atom is 0.258 e. The fraction of sp³-hybridized carbons (Fsp3) is 0.235. The van der Waals surface area contributed by atoms with Crippen LogP contribution in [0.3, 0.4) is 0 Å². The summed E-state index contributed by atoms with van der Waals surface area (Å²) in [4.78, 5) is 12.0. The van der Waals surface area contributed by atoms with Crippen molar-refractivity contribution < 1.29 is 9.53 Å². The largest absolute Gasteiger partial charge is 0.484 e. The Balaban J connectivity index is 1.89. The van der Waals surface area contributed by atoms with Crippen molar-refractivity contribution in [1.29, 1.82) is 0 Å². The van der Waals surface area contributed by atoms with Gasteiger partial charge in [-0.15, -0.1) is 0 Å². The van der Waals surface area contributed by atoms with Crippen LogP contribution in [-0.2, 0) is 4.79 Å². The second-order valence-electron chi connectivity index (χ2n) is 4.89. The number of hydrogen-bond donors (Lipinski definition) is 1. The zero-order chi connectivity index (χ0) is 15.2. The highest BCUT2D eigenvalue weighted by atomic mass is 127. The summed E-state index contributed by atoms with van der Waals surface area (Å²) in [5, 5.41) is 2.96. The Hall–Kier alpha value is -1.56. The summed E-state index contributed by atoms with van der Waals surface area (Å²) >= 11 is 2.21. The Morgan fingerprint density at radius 2 is 2.00 bits per heavy atom. The third kappa shape index (κ3) is 4.74. The summed E-state index contributed by atoms with van der Waals surface area (Å²) in [7, 11) is 0. The van der Waals surface area contributed by atoms with Crippen LogP contribution in [0.4, 0.5) is 0 Å². The van der Waals surface area contributed by atoms with Crippen molar-refractivity contribution in [1.82, 2.24) is 5.32 Å². The molecule has 0 aliphatic carbocycles. The molecule has 1 N–H and O–H groups in total. The summed E-state index contributed by atoms with van der Waals surface area (Å²) in [6, 6.07) is 15.7. The summed E-state index contributed by atoms with van der Waals surface area (Å²) < 4.78 is 6.58. The molecular weight excluding hydrogens is 377 g/mol. The number of aryl methyl sites for hydroxylation is 1. The molecule has 2 rings (SSSR count). The maximum absolute atomic E-state index is 12.0. The molecule has 0 aromatic heterocycles. The molecule has 0 saturated heterocycles. The van der Waals surface area contributed by atoms with Gasteiger partial charge in [-0.1, -0.05) is 30.3 Å². The van der Waals surface area contributed by atoms with E-state index in [0.717, 1.165) is 9.13 Å². The van der Waals surface area contributed by atoms with E-state index in [2.05, 4.69) is 27.9 Å². The van der Waals surface area contributed by atoms with Crippen molar-refractivity contribution in [3.05, 3.63) is 63.2 Å². The molecule has 0 fully saturated rings. The van der Waals surface area contributed by atoms with Crippen molar-refractivity contribution in [3.63, 3.8) is 0 Å². The monoisotopic (exact) mass is 395 g/mol. The van der Waals surface area contributed by atoms with Gasteiger partial charge in [0.15, 0.2) is 6.61 Å². The third-order valence-electron chi connectivity index (χ3n) is 3.20. The highest BCUT2D eigenvalue weighted by Gasteiger charge is 2.11. The lowest BCUT2D eigenvalue weighted by Crippen LogP contribution is -2.31. The number of hydrogen-bond acceptors (Lipinski definition) is 2. The Labute approximate surface area is 138 Å². The normalized spacial score (nSPS) is 11.8. The minimum Gasteiger partial charge on any atom is -0.484 e. The summed E-state index contributed by atoms with van der Waals surface area (Å²) in [5.41, 5.74) is 2.30. The molecular formula is C17H18INO2. The Morgan fingerprint density at radius 1 is 1.24 bits per heavy atom. The van der Waals surface area contributed by atoms with Crippen molar-refractivity contribution in [2.45, 2.75) is 19.9 Å². The minimum absolute atomic E-state index is 0.0241. The predicted molar refractivity (Wildman–Crippen MR) is 92.4 cm³/mol. The number of rotatable bonds is 5. The van der Waals surface area contributed by atoms with Gasteiger partial charge in [-0.2, -0.15) is 0 Å². The van der Waals surface area contributed by atoms with Gasteiger partial charge in [-0.3, -0.25) is 4.79 Å². The summed E-state index contributed by atoms with van der Waals surface area (Å²) in [6.45, 7) is 4.04. The lowest BCUT2D eigenvalue weighted by molar-refractivity contribution is -0.123. The standard InChI is InChI=1S/C17H18INO2/c1-12-6-3-4-9-16(12)13(2)19-17(20)11-21-15-8-5-7-14(18)10-15/h3-10,13H,11H2,1-2H3,(H,19,20). The number of ether oxygens (including phenoxy) is 1. The SMILES string of the molecule is Cc1ccccc1C(C)NC(=O)COc1cccc(I)c1. The summed E-state index contributed by atoms with van der Waals surface area (Å²) in [6.07, 6.45) is 0. The molecule has 0 aliphatic rings. The van der Waals surface area contributed by atoms with Crippen molar-refractivity contribution in [3.8, 4) is 5.75 Å². The molecule has 2 aromatic rings. The molecule has 0 heterocycles. The fourth-order valence-corrected chi connectivity index (χ4v) is 2.65. The highest BCUT2D eigenvalue weighted by Crippen LogP contribution is 2.17. The molecule has 1 atom stereocenters. The van der Waals surface area contributed by atoms with E-state index in [0.29, 0.717) is 5.75 Å². The molecule has 1 amide bonds. The molecule has 0 saturated carbocycles. The molecule has 21 heavy (non-hydrogen) atoms. The second kappa shape index (κ2) is 7.45. The van der Waals surface area contributed by atoms with Gasteiger partial charge >= 0.3 is 0 Å². The molecule has 4 heteroatoms. The van der Waals surface area contributed by atoms with Crippen LogP contribution in [0, 0.1) is 10.5 Å². The van der Waals surface area contributed by atoms with Crippen molar-refractivity contribution in [2.75, 3.05) is 6.61 Å². The molecule has 110 valence electrons. The quantitative estimate of drug-likeness (QED) is 0.782. The number of halogens is 1. The first-order valence-corrected chi connectivity index (χ1v) is 7.87. The minimum atomic E-state index is -0.121. The topological polar surface area (TPSA) is 38.3 Å². The van der Waals surface area contributed by atoms with Gasteiger partial charge in [-0.05, 0) is 65.8 Å². The second-order valence-corrected chi connectivity index (χ2v) is 6.14. The van der Waals surface area contributed by atoms with Crippen LogP contribution in [0.5, 0.6) is 5.75 Å². The van der Waals surface area contributed by atoms with Gasteiger partial charge in [0.05, 0.1) is 6.04 Å². The number of amides is 1. The van der Waals surface area contributed by atoms with Crippen LogP contribution in [0.15, 0.2) is 48.5 Å². The first-order valence-electron chi connectivity index (χ1n) is 6.79. The number of nitrogens with one attached hydrogen (secondary N) is 1. The molecule has 0 aliphatic heterocycles. The molecule has 0 bridgehead atoms. The average molecular weight is 395 g/mol. The van der Waals surface area contributed by atoms with Gasteiger partial charge in [0.2, 0.25) is 0 Å². The zero-order valence-electron chi connectivity index (χ0n) is 12.1. The molecule has 1 unspecified atom stereocenters. The van der Waals surface area contributed by atoms with Crippen molar-refractivity contribution >= 4 is 28.5 Å². The average Bonchev–Trinajstić information content (AvgIpc) is 2.45. The van der Waals surface area contributed by atoms with Crippen LogP contribution in [0.2, 0.25) is 0 Å². The van der Waals surface area contributed by atoms with E-state index >= 15 is 0 Å². The number of carbonyl (C=O) groups excluding carboxylic acids is 1. The van der Waals surface area contributed by atoms with Crippen molar-refractivity contribution in [2.24, 2.45) is 0 Å². The van der Waals surface area contributed by atoms with E-state index in [1.165, 1.54) is 5.56 Å². The van der Waals surface area contributed by atoms with Crippen LogP contribution >= 0.6 is 22.6 Å². The highest BCUT2D eigenvalue weighted by molar-refractivity contribution is 14.1. The molecule has 2 aromatic carbocycles. The van der Waals surface area contributed by atoms with Gasteiger partial charge in [0.25, 0.3) is 5.91 Å². The van der Waals surface area contributed by atoms with E-state index in [1.54, 1.807) is 0 Å².